The Morgan fingerprint density at radius 1 is 1.19 bits per heavy atom. The van der Waals surface area contributed by atoms with E-state index in [9.17, 15) is 18.0 Å². The van der Waals surface area contributed by atoms with Gasteiger partial charge in [-0.1, -0.05) is 23.7 Å². The average Bonchev–Trinajstić information content (AvgIpc) is 2.57. The predicted molar refractivity (Wildman–Crippen MR) is 99.0 cm³/mol. The molecule has 27 heavy (non-hydrogen) atoms. The first-order valence-corrected chi connectivity index (χ1v) is 8.63. The van der Waals surface area contributed by atoms with Crippen LogP contribution in [0.4, 0.5) is 18.9 Å². The molecule has 0 spiro atoms. The number of carbonyl (C=O) groups excluding carboxylic acids is 1. The van der Waals surface area contributed by atoms with Crippen LogP contribution in [0.3, 0.4) is 0 Å². The van der Waals surface area contributed by atoms with Crippen molar-refractivity contribution >= 4 is 23.2 Å². The third kappa shape index (κ3) is 6.45. The molecule has 0 saturated carbocycles. The number of carbonyl (C=O) groups is 1. The maximum absolute atomic E-state index is 13.1. The van der Waals surface area contributed by atoms with E-state index in [1.54, 1.807) is 11.9 Å². The number of amides is 1. The summed E-state index contributed by atoms with van der Waals surface area (Å²) in [6, 6.07) is 10.7. The Bertz CT molecular complexity index is 780. The van der Waals surface area contributed by atoms with Crippen molar-refractivity contribution in [3.05, 3.63) is 58.6 Å². The highest BCUT2D eigenvalue weighted by Gasteiger charge is 2.34. The lowest BCUT2D eigenvalue weighted by Crippen LogP contribution is -2.30. The summed E-state index contributed by atoms with van der Waals surface area (Å²) < 4.78 is 44.6. The highest BCUT2D eigenvalue weighted by Crippen LogP contribution is 2.36. The summed E-state index contributed by atoms with van der Waals surface area (Å²) in [5.74, 6) is 0.209. The summed E-state index contributed by atoms with van der Waals surface area (Å²) in [6.45, 7) is 2.87. The number of anilines is 1. The quantitative estimate of drug-likeness (QED) is 0.724. The van der Waals surface area contributed by atoms with Gasteiger partial charge in [0.2, 0.25) is 5.91 Å². The van der Waals surface area contributed by atoms with E-state index < -0.39 is 17.6 Å². The van der Waals surface area contributed by atoms with Crippen LogP contribution in [0.25, 0.3) is 0 Å². The molecule has 0 aliphatic heterocycles. The van der Waals surface area contributed by atoms with Crippen molar-refractivity contribution in [3.63, 3.8) is 0 Å². The second-order valence-corrected chi connectivity index (χ2v) is 6.42. The van der Waals surface area contributed by atoms with E-state index in [-0.39, 0.29) is 17.3 Å². The van der Waals surface area contributed by atoms with Crippen molar-refractivity contribution in [2.24, 2.45) is 0 Å². The highest BCUT2D eigenvalue weighted by atomic mass is 35.5. The minimum Gasteiger partial charge on any atom is -0.494 e. The Labute approximate surface area is 160 Å². The van der Waals surface area contributed by atoms with Crippen LogP contribution in [0.2, 0.25) is 5.02 Å². The molecule has 2 aromatic rings. The van der Waals surface area contributed by atoms with Gasteiger partial charge < -0.3 is 10.1 Å². The van der Waals surface area contributed by atoms with E-state index in [0.29, 0.717) is 13.2 Å². The maximum atomic E-state index is 13.1. The topological polar surface area (TPSA) is 41.6 Å². The van der Waals surface area contributed by atoms with E-state index >= 15 is 0 Å². The van der Waals surface area contributed by atoms with Gasteiger partial charge in [-0.3, -0.25) is 9.69 Å². The van der Waals surface area contributed by atoms with Crippen LogP contribution in [-0.2, 0) is 17.5 Å². The maximum Gasteiger partial charge on any atom is 0.418 e. The number of ether oxygens (including phenoxy) is 1. The first-order valence-electron chi connectivity index (χ1n) is 8.26. The molecule has 0 aliphatic carbocycles. The summed E-state index contributed by atoms with van der Waals surface area (Å²) in [6.07, 6.45) is -4.61. The fourth-order valence-electron chi connectivity index (χ4n) is 2.52. The second kappa shape index (κ2) is 9.10. The van der Waals surface area contributed by atoms with E-state index in [1.165, 1.54) is 6.07 Å². The van der Waals surface area contributed by atoms with Gasteiger partial charge in [0.25, 0.3) is 0 Å². The van der Waals surface area contributed by atoms with Crippen LogP contribution < -0.4 is 10.1 Å². The van der Waals surface area contributed by atoms with Crippen LogP contribution in [0.5, 0.6) is 5.75 Å². The highest BCUT2D eigenvalue weighted by molar-refractivity contribution is 6.30. The molecular weight excluding hydrogens is 381 g/mol. The number of halogens is 4. The molecule has 0 unspecified atom stereocenters. The second-order valence-electron chi connectivity index (χ2n) is 5.99. The Balaban J connectivity index is 1.97. The van der Waals surface area contributed by atoms with Gasteiger partial charge >= 0.3 is 6.18 Å². The van der Waals surface area contributed by atoms with Gasteiger partial charge in [0.15, 0.2) is 0 Å². The number of hydrogen-bond donors (Lipinski definition) is 1. The van der Waals surface area contributed by atoms with Crippen LogP contribution in [0.15, 0.2) is 42.5 Å². The lowest BCUT2D eigenvalue weighted by atomic mass is 10.1. The first-order chi connectivity index (χ1) is 12.7. The summed E-state index contributed by atoms with van der Waals surface area (Å²) in [5, 5.41) is 2.26. The Morgan fingerprint density at radius 2 is 1.85 bits per heavy atom. The number of alkyl halides is 3. The van der Waals surface area contributed by atoms with Crippen LogP contribution in [0, 0.1) is 0 Å². The molecule has 0 saturated heterocycles. The SMILES string of the molecule is CCOc1ccc(CN(C)CC(=O)Nc2ccc(Cl)cc2C(F)(F)F)cc1. The van der Waals surface area contributed by atoms with Gasteiger partial charge in [-0.2, -0.15) is 13.2 Å². The average molecular weight is 401 g/mol. The fraction of sp³-hybridized carbons (Fsp3) is 0.316. The van der Waals surface area contributed by atoms with Crippen LogP contribution >= 0.6 is 11.6 Å². The van der Waals surface area contributed by atoms with Crippen LogP contribution in [0.1, 0.15) is 18.1 Å². The Hall–Kier alpha value is -2.25. The lowest BCUT2D eigenvalue weighted by Gasteiger charge is -2.18. The van der Waals surface area contributed by atoms with Crippen molar-refractivity contribution in [1.82, 2.24) is 4.90 Å². The van der Waals surface area contributed by atoms with Crippen molar-refractivity contribution in [2.75, 3.05) is 25.5 Å². The molecule has 1 amide bonds. The van der Waals surface area contributed by atoms with E-state index in [0.717, 1.165) is 23.4 Å². The molecule has 0 atom stereocenters. The van der Waals surface area contributed by atoms with E-state index in [2.05, 4.69) is 5.32 Å². The number of hydrogen-bond acceptors (Lipinski definition) is 3. The molecule has 2 aromatic carbocycles. The van der Waals surface area contributed by atoms with Gasteiger partial charge in [0.1, 0.15) is 5.75 Å². The number of rotatable bonds is 7. The third-order valence-corrected chi connectivity index (χ3v) is 3.90. The minimum absolute atomic E-state index is 0.0482. The van der Waals surface area contributed by atoms with Crippen molar-refractivity contribution < 1.29 is 22.7 Å². The van der Waals surface area contributed by atoms with E-state index in [1.807, 2.05) is 31.2 Å². The molecule has 146 valence electrons. The number of nitrogens with zero attached hydrogens (tertiary/aromatic N) is 1. The Kier molecular flexibility index (Phi) is 7.10. The molecule has 0 fully saturated rings. The molecule has 0 radical (unpaired) electrons. The third-order valence-electron chi connectivity index (χ3n) is 3.66. The van der Waals surface area contributed by atoms with Crippen LogP contribution in [-0.4, -0.2) is 31.0 Å². The van der Waals surface area contributed by atoms with E-state index in [4.69, 9.17) is 16.3 Å². The normalized spacial score (nSPS) is 11.5. The largest absolute Gasteiger partial charge is 0.494 e. The standard InChI is InChI=1S/C19H20ClF3N2O2/c1-3-27-15-7-4-13(5-8-15)11-25(2)12-18(26)24-17-9-6-14(20)10-16(17)19(21,22)23/h4-10H,3,11-12H2,1-2H3,(H,24,26). The van der Waals surface area contributed by atoms with Gasteiger partial charge in [-0.15, -0.1) is 0 Å². The molecular formula is C19H20ClF3N2O2. The predicted octanol–water partition coefficient (Wildman–Crippen LogP) is 4.83. The summed E-state index contributed by atoms with van der Waals surface area (Å²) in [4.78, 5) is 13.8. The van der Waals surface area contributed by atoms with Gasteiger partial charge in [-0.05, 0) is 49.9 Å². The lowest BCUT2D eigenvalue weighted by molar-refractivity contribution is -0.137. The zero-order valence-electron chi connectivity index (χ0n) is 14.9. The number of likely N-dealkylation sites (N-methyl/N-ethyl adjacent to an activating group) is 1. The van der Waals surface area contributed by atoms with Gasteiger partial charge in [0, 0.05) is 11.6 Å². The molecule has 4 nitrogen and oxygen atoms in total. The molecule has 8 heteroatoms. The number of nitrogens with one attached hydrogen (secondary N) is 1. The Morgan fingerprint density at radius 3 is 2.44 bits per heavy atom. The monoisotopic (exact) mass is 400 g/mol. The molecule has 1 N–H and O–H groups in total. The summed E-state index contributed by atoms with van der Waals surface area (Å²) >= 11 is 5.64. The smallest absolute Gasteiger partial charge is 0.418 e. The molecule has 0 aliphatic rings. The van der Waals surface area contributed by atoms with Gasteiger partial charge in [-0.25, -0.2) is 0 Å². The van der Waals surface area contributed by atoms with Crippen molar-refractivity contribution in [1.29, 1.82) is 0 Å². The van der Waals surface area contributed by atoms with Crippen molar-refractivity contribution in [2.45, 2.75) is 19.6 Å². The zero-order valence-corrected chi connectivity index (χ0v) is 15.7. The number of benzene rings is 2. The molecule has 0 aromatic heterocycles. The molecule has 2 rings (SSSR count). The summed E-state index contributed by atoms with van der Waals surface area (Å²) in [7, 11) is 1.71. The summed E-state index contributed by atoms with van der Waals surface area (Å²) in [5.41, 5.74) is -0.333. The minimum atomic E-state index is -4.61. The fourth-order valence-corrected chi connectivity index (χ4v) is 2.69. The van der Waals surface area contributed by atoms with Crippen molar-refractivity contribution in [3.8, 4) is 5.75 Å². The first kappa shape index (κ1) is 21.1. The van der Waals surface area contributed by atoms with Gasteiger partial charge in [0.05, 0.1) is 24.4 Å². The molecule has 0 bridgehead atoms. The molecule has 0 heterocycles. The zero-order chi connectivity index (χ0) is 20.0.